The number of ether oxygens (including phenoxy) is 1. The molecule has 0 N–H and O–H groups in total. The van der Waals surface area contributed by atoms with Gasteiger partial charge in [0.05, 0.1) is 29.0 Å². The number of amides is 2. The van der Waals surface area contributed by atoms with E-state index in [9.17, 15) is 18.0 Å². The van der Waals surface area contributed by atoms with Crippen LogP contribution in [-0.2, 0) is 30.1 Å². The molecule has 0 radical (unpaired) electrons. The number of morpholine rings is 1. The quantitative estimate of drug-likeness (QED) is 0.637. The van der Waals surface area contributed by atoms with Crippen LogP contribution in [0.1, 0.15) is 5.56 Å². The normalized spacial score (nSPS) is 18.9. The third-order valence-electron chi connectivity index (χ3n) is 4.73. The minimum Gasteiger partial charge on any atom is -0.378 e. The van der Waals surface area contributed by atoms with Crippen LogP contribution < -0.4 is 0 Å². The Bertz CT molecular complexity index is 850. The number of hydrogen-bond donors (Lipinski definition) is 0. The molecule has 2 fully saturated rings. The molecule has 3 rings (SSSR count). The van der Waals surface area contributed by atoms with E-state index in [1.807, 2.05) is 0 Å². The van der Waals surface area contributed by atoms with E-state index in [1.165, 1.54) is 20.2 Å². The fourth-order valence-electron chi connectivity index (χ4n) is 3.14. The van der Waals surface area contributed by atoms with Gasteiger partial charge in [-0.15, -0.1) is 0 Å². The van der Waals surface area contributed by atoms with E-state index in [-0.39, 0.29) is 31.9 Å². The third-order valence-corrected chi connectivity index (χ3v) is 7.32. The molecule has 8 nitrogen and oxygen atoms in total. The molecule has 2 amide bonds. The first-order chi connectivity index (χ1) is 13.3. The lowest BCUT2D eigenvalue weighted by Crippen LogP contribution is -2.55. The van der Waals surface area contributed by atoms with Gasteiger partial charge >= 0.3 is 11.8 Å². The molecule has 2 heterocycles. The number of piperazine rings is 1. The number of carbonyl (C=O) groups excluding carboxylic acids is 2. The van der Waals surface area contributed by atoms with Crippen molar-refractivity contribution in [3.63, 3.8) is 0 Å². The minimum atomic E-state index is -3.57. The number of carbonyl (C=O) groups is 2. The molecule has 0 aliphatic carbocycles. The SMILES string of the molecule is O=C(C(=O)N1CCN(S(=O)(=O)Cc2ccc(Cl)c(Cl)c2)CC1)N1CCOCC1. The molecule has 0 bridgehead atoms. The van der Waals surface area contributed by atoms with Crippen LogP contribution in [0.4, 0.5) is 0 Å². The van der Waals surface area contributed by atoms with Crippen LogP contribution in [0.5, 0.6) is 0 Å². The summed E-state index contributed by atoms with van der Waals surface area (Å²) in [4.78, 5) is 27.6. The van der Waals surface area contributed by atoms with Crippen molar-refractivity contribution < 1.29 is 22.7 Å². The van der Waals surface area contributed by atoms with Crippen molar-refractivity contribution >= 4 is 45.0 Å². The van der Waals surface area contributed by atoms with Crippen LogP contribution in [0.25, 0.3) is 0 Å². The summed E-state index contributed by atoms with van der Waals surface area (Å²) in [6, 6.07) is 4.71. The Labute approximate surface area is 174 Å². The van der Waals surface area contributed by atoms with Crippen LogP contribution in [0.2, 0.25) is 10.0 Å². The maximum absolute atomic E-state index is 12.7. The Morgan fingerprint density at radius 2 is 1.46 bits per heavy atom. The molecule has 2 aliphatic rings. The maximum Gasteiger partial charge on any atom is 0.312 e. The van der Waals surface area contributed by atoms with Crippen LogP contribution >= 0.6 is 23.2 Å². The number of hydrogen-bond acceptors (Lipinski definition) is 5. The highest BCUT2D eigenvalue weighted by Gasteiger charge is 2.33. The van der Waals surface area contributed by atoms with Crippen LogP contribution in [0, 0.1) is 0 Å². The highest BCUT2D eigenvalue weighted by Crippen LogP contribution is 2.24. The zero-order valence-corrected chi connectivity index (χ0v) is 17.5. The zero-order chi connectivity index (χ0) is 20.3. The molecule has 11 heteroatoms. The molecule has 0 atom stereocenters. The molecule has 0 saturated carbocycles. The lowest BCUT2D eigenvalue weighted by Gasteiger charge is -2.35. The van der Waals surface area contributed by atoms with E-state index in [0.29, 0.717) is 41.9 Å². The summed E-state index contributed by atoms with van der Waals surface area (Å²) >= 11 is 11.8. The maximum atomic E-state index is 12.7. The Hall–Kier alpha value is -1.39. The average molecular weight is 450 g/mol. The van der Waals surface area contributed by atoms with Gasteiger partial charge in [0.1, 0.15) is 0 Å². The second kappa shape index (κ2) is 8.96. The Balaban J connectivity index is 1.57. The van der Waals surface area contributed by atoms with E-state index in [1.54, 1.807) is 12.1 Å². The smallest absolute Gasteiger partial charge is 0.312 e. The van der Waals surface area contributed by atoms with Gasteiger partial charge in [-0.3, -0.25) is 9.59 Å². The number of benzene rings is 1. The summed E-state index contributed by atoms with van der Waals surface area (Å²) in [7, 11) is -3.57. The molecule has 28 heavy (non-hydrogen) atoms. The Morgan fingerprint density at radius 3 is 2.04 bits per heavy atom. The molecule has 2 saturated heterocycles. The van der Waals surface area contributed by atoms with Gasteiger partial charge in [0.2, 0.25) is 10.0 Å². The summed E-state index contributed by atoms with van der Waals surface area (Å²) in [5.41, 5.74) is 0.537. The van der Waals surface area contributed by atoms with Gasteiger partial charge in [-0.25, -0.2) is 8.42 Å². The molecule has 2 aliphatic heterocycles. The van der Waals surface area contributed by atoms with Crippen molar-refractivity contribution in [3.05, 3.63) is 33.8 Å². The number of halogens is 2. The molecule has 0 spiro atoms. The van der Waals surface area contributed by atoms with E-state index < -0.39 is 21.8 Å². The highest BCUT2D eigenvalue weighted by molar-refractivity contribution is 7.88. The Morgan fingerprint density at radius 1 is 0.893 bits per heavy atom. The first kappa shape index (κ1) is 21.3. The molecular formula is C17H21Cl2N3O5S. The van der Waals surface area contributed by atoms with Crippen LogP contribution in [-0.4, -0.2) is 86.8 Å². The number of nitrogens with zero attached hydrogens (tertiary/aromatic N) is 3. The van der Waals surface area contributed by atoms with Crippen LogP contribution in [0.15, 0.2) is 18.2 Å². The first-order valence-electron chi connectivity index (χ1n) is 8.85. The summed E-state index contributed by atoms with van der Waals surface area (Å²) in [5.74, 6) is -1.36. The first-order valence-corrected chi connectivity index (χ1v) is 11.2. The van der Waals surface area contributed by atoms with Crippen molar-refractivity contribution in [2.75, 3.05) is 52.5 Å². The van der Waals surface area contributed by atoms with E-state index in [2.05, 4.69) is 0 Å². The second-order valence-electron chi connectivity index (χ2n) is 6.60. The molecule has 1 aromatic carbocycles. The minimum absolute atomic E-state index is 0.145. The summed E-state index contributed by atoms with van der Waals surface area (Å²) < 4.78 is 31.8. The number of rotatable bonds is 3. The van der Waals surface area contributed by atoms with Gasteiger partial charge in [-0.2, -0.15) is 4.31 Å². The van der Waals surface area contributed by atoms with E-state index >= 15 is 0 Å². The van der Waals surface area contributed by atoms with Crippen molar-refractivity contribution in [2.45, 2.75) is 5.75 Å². The monoisotopic (exact) mass is 449 g/mol. The van der Waals surface area contributed by atoms with Gasteiger partial charge in [0, 0.05) is 39.3 Å². The largest absolute Gasteiger partial charge is 0.378 e. The van der Waals surface area contributed by atoms with E-state index in [4.69, 9.17) is 27.9 Å². The van der Waals surface area contributed by atoms with Crippen molar-refractivity contribution in [1.29, 1.82) is 0 Å². The summed E-state index contributed by atoms with van der Waals surface area (Å²) in [6.07, 6.45) is 0. The van der Waals surface area contributed by atoms with Gasteiger partial charge < -0.3 is 14.5 Å². The summed E-state index contributed by atoms with van der Waals surface area (Å²) in [6.45, 7) is 2.26. The van der Waals surface area contributed by atoms with Gasteiger partial charge in [-0.05, 0) is 17.7 Å². The fraction of sp³-hybridized carbons (Fsp3) is 0.529. The second-order valence-corrected chi connectivity index (χ2v) is 9.38. The lowest BCUT2D eigenvalue weighted by atomic mass is 10.2. The molecule has 0 aromatic heterocycles. The molecule has 0 unspecified atom stereocenters. The van der Waals surface area contributed by atoms with Crippen molar-refractivity contribution in [3.8, 4) is 0 Å². The lowest BCUT2D eigenvalue weighted by molar-refractivity contribution is -0.154. The summed E-state index contributed by atoms with van der Waals surface area (Å²) in [5, 5.41) is 0.659. The topological polar surface area (TPSA) is 87.2 Å². The number of sulfonamides is 1. The van der Waals surface area contributed by atoms with Crippen molar-refractivity contribution in [2.24, 2.45) is 0 Å². The molecule has 154 valence electrons. The Kier molecular flexibility index (Phi) is 6.82. The molecule has 1 aromatic rings. The zero-order valence-electron chi connectivity index (χ0n) is 15.1. The fourth-order valence-corrected chi connectivity index (χ4v) is 4.96. The predicted octanol–water partition coefficient (Wildman–Crippen LogP) is 0.826. The van der Waals surface area contributed by atoms with Gasteiger partial charge in [0.15, 0.2) is 0 Å². The van der Waals surface area contributed by atoms with Crippen molar-refractivity contribution in [1.82, 2.24) is 14.1 Å². The van der Waals surface area contributed by atoms with Crippen LogP contribution in [0.3, 0.4) is 0 Å². The van der Waals surface area contributed by atoms with Gasteiger partial charge in [-0.1, -0.05) is 29.3 Å². The van der Waals surface area contributed by atoms with E-state index in [0.717, 1.165) is 0 Å². The third kappa shape index (κ3) is 4.96. The predicted molar refractivity (Wildman–Crippen MR) is 105 cm³/mol. The van der Waals surface area contributed by atoms with Gasteiger partial charge in [0.25, 0.3) is 0 Å². The molecular weight excluding hydrogens is 429 g/mol. The standard InChI is InChI=1S/C17H21Cl2N3O5S/c18-14-2-1-13(11-15(14)19)12-28(25,26)22-5-3-20(4-6-22)16(23)17(24)21-7-9-27-10-8-21/h1-2,11H,3-10,12H2. The average Bonchev–Trinajstić information content (AvgIpc) is 2.70. The highest BCUT2D eigenvalue weighted by atomic mass is 35.5.